The molecule has 2 aliphatic carbocycles. The first kappa shape index (κ1) is 5.65. The molecule has 0 heterocycles. The summed E-state index contributed by atoms with van der Waals surface area (Å²) in [5.41, 5.74) is 0. The summed E-state index contributed by atoms with van der Waals surface area (Å²) in [7, 11) is 0. The summed E-state index contributed by atoms with van der Waals surface area (Å²) in [6, 6.07) is 1.02. The van der Waals surface area contributed by atoms with E-state index in [1.807, 2.05) is 0 Å². The van der Waals surface area contributed by atoms with Crippen molar-refractivity contribution in [3.63, 3.8) is 0 Å². The Bertz CT molecular complexity index is 96.7. The van der Waals surface area contributed by atoms with Gasteiger partial charge in [0.25, 0.3) is 0 Å². The van der Waals surface area contributed by atoms with Crippen LogP contribution in [0.1, 0.15) is 6.42 Å². The Labute approximate surface area is 62.4 Å². The van der Waals surface area contributed by atoms with Crippen molar-refractivity contribution in [3.8, 4) is 0 Å². The van der Waals surface area contributed by atoms with Gasteiger partial charge in [-0.05, 0) is 0 Å². The standard InChI is InChI=1S/C5H8N.CH3.Tl.H/c1-6-5-3-2-4(3)5;;;/h3-6H,1-2H2;1H3;;. The van der Waals surface area contributed by atoms with Gasteiger partial charge < -0.3 is 0 Å². The van der Waals surface area contributed by atoms with Crippen LogP contribution in [-0.4, -0.2) is 34.4 Å². The zero-order valence-corrected chi connectivity index (χ0v) is 10.9. The van der Waals surface area contributed by atoms with E-state index in [0.717, 1.165) is 17.9 Å². The number of hydrogen-bond donors (Lipinski definition) is 1. The molecule has 2 saturated carbocycles. The van der Waals surface area contributed by atoms with Gasteiger partial charge in [-0.2, -0.15) is 0 Å². The first-order valence-electron chi connectivity index (χ1n) is 3.67. The van der Waals surface area contributed by atoms with Gasteiger partial charge in [0.2, 0.25) is 0 Å². The fraction of sp³-hybridized carbons (Fsp3) is 1.00. The summed E-state index contributed by atoms with van der Waals surface area (Å²) < 4.78 is 3.90. The molecule has 2 heteroatoms. The monoisotopic (exact) mass is 303 g/mol. The van der Waals surface area contributed by atoms with Gasteiger partial charge >= 0.3 is 62.4 Å². The van der Waals surface area contributed by atoms with Crippen LogP contribution in [0.5, 0.6) is 0 Å². The van der Waals surface area contributed by atoms with Crippen LogP contribution in [0.2, 0.25) is 4.48 Å². The average Bonchev–Trinajstić information content (AvgIpc) is 2.50. The molecule has 2 fully saturated rings. The van der Waals surface area contributed by atoms with Gasteiger partial charge in [-0.25, -0.2) is 0 Å². The molecule has 0 aliphatic heterocycles. The van der Waals surface area contributed by atoms with Crippen LogP contribution in [0, 0.1) is 11.8 Å². The molecule has 1 N–H and O–H groups in total. The minimum atomic E-state index is -0.296. The van der Waals surface area contributed by atoms with Gasteiger partial charge in [-0.3, -0.25) is 0 Å². The number of rotatable bonds is 3. The van der Waals surface area contributed by atoms with Gasteiger partial charge in [-0.15, -0.1) is 0 Å². The molecule has 0 bridgehead atoms. The molecule has 0 aromatic rings. The van der Waals surface area contributed by atoms with Gasteiger partial charge in [0.05, 0.1) is 0 Å². The molecule has 1 nitrogen and oxygen atoms in total. The summed E-state index contributed by atoms with van der Waals surface area (Å²) >= 11 is -0.296. The Kier molecular flexibility index (Phi) is 1.37. The molecule has 0 amide bonds. The molecule has 2 atom stereocenters. The third kappa shape index (κ3) is 0.835. The zero-order chi connectivity index (χ0) is 5.56. The van der Waals surface area contributed by atoms with Crippen molar-refractivity contribution in [2.45, 2.75) is 16.9 Å². The van der Waals surface area contributed by atoms with Crippen LogP contribution < -0.4 is 5.32 Å². The SMILES string of the molecule is [CH3][TlH][CH2]NC1C2CC21. The molecule has 0 radical (unpaired) electrons. The quantitative estimate of drug-likeness (QED) is 0.726. The van der Waals surface area contributed by atoms with E-state index in [-0.39, 0.29) is 24.2 Å². The fourth-order valence-electron chi connectivity index (χ4n) is 1.39. The second kappa shape index (κ2) is 1.94. The summed E-state index contributed by atoms with van der Waals surface area (Å²) in [4.78, 5) is 0. The van der Waals surface area contributed by atoms with E-state index in [9.17, 15) is 0 Å². The zero-order valence-electron chi connectivity index (χ0n) is 5.35. The molecule has 0 spiro atoms. The summed E-state index contributed by atoms with van der Waals surface area (Å²) in [6.07, 6.45) is 1.55. The second-order valence-corrected chi connectivity index (χ2v) is 8.87. The van der Waals surface area contributed by atoms with E-state index in [1.165, 1.54) is 4.10 Å². The van der Waals surface area contributed by atoms with Crippen molar-refractivity contribution in [1.82, 2.24) is 5.32 Å². The van der Waals surface area contributed by atoms with Crippen molar-refractivity contribution in [2.75, 3.05) is 4.10 Å². The topological polar surface area (TPSA) is 12.0 Å². The maximum atomic E-state index is 3.60. The van der Waals surface area contributed by atoms with E-state index < -0.39 is 0 Å². The van der Waals surface area contributed by atoms with E-state index in [2.05, 4.69) is 9.80 Å². The molecule has 2 aliphatic rings. The molecule has 8 heavy (non-hydrogen) atoms. The normalized spacial score (nSPS) is 47.9. The predicted octanol–water partition coefficient (Wildman–Crippen LogP) is 0.0364. The number of hydrogen-bond acceptors (Lipinski definition) is 1. The maximum absolute atomic E-state index is 3.60. The van der Waals surface area contributed by atoms with E-state index in [4.69, 9.17) is 0 Å². The van der Waals surface area contributed by atoms with Crippen LogP contribution >= 0.6 is 0 Å². The predicted molar refractivity (Wildman–Crippen MR) is 36.4 cm³/mol. The third-order valence-electron chi connectivity index (χ3n) is 2.30. The molecule has 0 saturated heterocycles. The van der Waals surface area contributed by atoms with E-state index >= 15 is 0 Å². The summed E-state index contributed by atoms with van der Waals surface area (Å²) in [6.45, 7) is 0. The van der Waals surface area contributed by atoms with E-state index in [0.29, 0.717) is 0 Å². The van der Waals surface area contributed by atoms with Crippen LogP contribution in [0.3, 0.4) is 0 Å². The van der Waals surface area contributed by atoms with E-state index in [1.54, 1.807) is 6.42 Å². The second-order valence-electron chi connectivity index (χ2n) is 3.04. The van der Waals surface area contributed by atoms with Gasteiger partial charge in [0.1, 0.15) is 0 Å². The number of fused-ring (bicyclic) bond motifs is 1. The first-order chi connectivity index (χ1) is 3.93. The van der Waals surface area contributed by atoms with Gasteiger partial charge in [0.15, 0.2) is 0 Å². The summed E-state index contributed by atoms with van der Waals surface area (Å²) in [5.74, 6) is 2.32. The Morgan fingerprint density at radius 2 is 2.38 bits per heavy atom. The fourth-order valence-corrected chi connectivity index (χ4v) is 3.81. The Hall–Kier alpha value is 0.882. The van der Waals surface area contributed by atoms with Crippen molar-refractivity contribution in [1.29, 1.82) is 0 Å². The molecule has 0 aromatic heterocycles. The van der Waals surface area contributed by atoms with Crippen LogP contribution in [-0.2, 0) is 0 Å². The Balaban J connectivity index is 1.59. The Morgan fingerprint density at radius 1 is 1.62 bits per heavy atom. The molecule has 0 aromatic carbocycles. The average molecular weight is 303 g/mol. The van der Waals surface area contributed by atoms with Crippen LogP contribution in [0.15, 0.2) is 0 Å². The first-order valence-corrected chi connectivity index (χ1v) is 13.1. The van der Waals surface area contributed by atoms with Crippen molar-refractivity contribution in [2.24, 2.45) is 11.8 Å². The van der Waals surface area contributed by atoms with Gasteiger partial charge in [-0.1, -0.05) is 0 Å². The molecule has 2 unspecified atom stereocenters. The molecular weight excluding hydrogens is 290 g/mol. The molecular formula is C6H12NTl. The summed E-state index contributed by atoms with van der Waals surface area (Å²) in [5, 5.41) is 3.60. The van der Waals surface area contributed by atoms with Crippen LogP contribution in [0.25, 0.3) is 0 Å². The minimum absolute atomic E-state index is 0.296. The van der Waals surface area contributed by atoms with Crippen molar-refractivity contribution >= 4 is 24.2 Å². The van der Waals surface area contributed by atoms with Gasteiger partial charge in [0, 0.05) is 0 Å². The van der Waals surface area contributed by atoms with Crippen molar-refractivity contribution < 1.29 is 0 Å². The molecule has 2 rings (SSSR count). The number of nitrogens with one attached hydrogen (secondary N) is 1. The Morgan fingerprint density at radius 3 is 2.75 bits per heavy atom. The third-order valence-corrected chi connectivity index (χ3v) is 5.37. The van der Waals surface area contributed by atoms with Crippen molar-refractivity contribution in [3.05, 3.63) is 0 Å². The molecule has 44 valence electrons. The van der Waals surface area contributed by atoms with Crippen LogP contribution in [0.4, 0.5) is 0 Å².